The highest BCUT2D eigenvalue weighted by Gasteiger charge is 2.40. The van der Waals surface area contributed by atoms with Crippen molar-refractivity contribution in [1.29, 1.82) is 0 Å². The quantitative estimate of drug-likeness (QED) is 0.747. The Kier molecular flexibility index (Phi) is 4.29. The van der Waals surface area contributed by atoms with Gasteiger partial charge in [0.1, 0.15) is 0 Å². The number of piperidine rings is 1. The van der Waals surface area contributed by atoms with E-state index in [4.69, 9.17) is 0 Å². The Bertz CT molecular complexity index is 341. The van der Waals surface area contributed by atoms with Gasteiger partial charge in [-0.05, 0) is 37.1 Å². The molecule has 19 heavy (non-hydrogen) atoms. The molecule has 2 aliphatic rings. The molecule has 0 bridgehead atoms. The van der Waals surface area contributed by atoms with E-state index in [0.29, 0.717) is 31.3 Å². The van der Waals surface area contributed by atoms with Crippen LogP contribution in [-0.4, -0.2) is 35.8 Å². The van der Waals surface area contributed by atoms with E-state index in [-0.39, 0.29) is 17.2 Å². The molecule has 1 unspecified atom stereocenters. The minimum atomic E-state index is -0.170. The number of hydrogen-bond donors (Lipinski definition) is 1. The molecule has 1 saturated carbocycles. The first-order valence-electron chi connectivity index (χ1n) is 7.49. The molecule has 0 spiro atoms. The van der Waals surface area contributed by atoms with Gasteiger partial charge in [0.2, 0.25) is 11.8 Å². The van der Waals surface area contributed by atoms with Gasteiger partial charge < -0.3 is 5.32 Å². The maximum Gasteiger partial charge on any atom is 0.229 e. The van der Waals surface area contributed by atoms with Crippen molar-refractivity contribution in [2.75, 3.05) is 13.1 Å². The van der Waals surface area contributed by atoms with Crippen molar-refractivity contribution in [2.24, 2.45) is 11.3 Å². The number of hydrogen-bond acceptors (Lipinski definition) is 3. The van der Waals surface area contributed by atoms with E-state index in [1.807, 2.05) is 13.8 Å². The molecule has 2 amide bonds. The lowest BCUT2D eigenvalue weighted by molar-refractivity contribution is -0.152. The van der Waals surface area contributed by atoms with Crippen LogP contribution in [0.15, 0.2) is 0 Å². The standard InChI is InChI=1S/C15H26N2O2/c1-4-7-16-12(11-5-6-11)10-17-13(18)8-15(2,3)9-14(17)19/h11-12,16H,4-10H2,1-3H3. The summed E-state index contributed by atoms with van der Waals surface area (Å²) in [4.78, 5) is 25.8. The van der Waals surface area contributed by atoms with Crippen LogP contribution in [0, 0.1) is 11.3 Å². The molecule has 4 heteroatoms. The molecule has 0 radical (unpaired) electrons. The van der Waals surface area contributed by atoms with Crippen LogP contribution >= 0.6 is 0 Å². The fourth-order valence-electron chi connectivity index (χ4n) is 2.82. The largest absolute Gasteiger partial charge is 0.312 e. The molecule has 1 N–H and O–H groups in total. The molecule has 0 aromatic carbocycles. The molecule has 1 heterocycles. The van der Waals surface area contributed by atoms with Gasteiger partial charge in [0.25, 0.3) is 0 Å². The Balaban J connectivity index is 1.96. The van der Waals surface area contributed by atoms with E-state index < -0.39 is 0 Å². The number of rotatable bonds is 6. The molecule has 2 fully saturated rings. The van der Waals surface area contributed by atoms with E-state index in [2.05, 4.69) is 12.2 Å². The highest BCUT2D eigenvalue weighted by Crippen LogP contribution is 2.35. The molecule has 1 saturated heterocycles. The number of carbonyl (C=O) groups is 2. The lowest BCUT2D eigenvalue weighted by Gasteiger charge is -2.36. The molecular weight excluding hydrogens is 240 g/mol. The van der Waals surface area contributed by atoms with Crippen LogP contribution < -0.4 is 5.32 Å². The highest BCUT2D eigenvalue weighted by molar-refractivity contribution is 5.98. The minimum Gasteiger partial charge on any atom is -0.312 e. The first-order chi connectivity index (χ1) is 8.93. The number of carbonyl (C=O) groups excluding carboxylic acids is 2. The van der Waals surface area contributed by atoms with Crippen molar-refractivity contribution in [3.63, 3.8) is 0 Å². The molecule has 0 aromatic heterocycles. The zero-order chi connectivity index (χ0) is 14.0. The van der Waals surface area contributed by atoms with Gasteiger partial charge in [0, 0.05) is 25.4 Å². The van der Waals surface area contributed by atoms with E-state index in [9.17, 15) is 9.59 Å². The second kappa shape index (κ2) is 5.61. The zero-order valence-corrected chi connectivity index (χ0v) is 12.4. The number of nitrogens with zero attached hydrogens (tertiary/aromatic N) is 1. The Morgan fingerprint density at radius 2 is 1.84 bits per heavy atom. The number of amides is 2. The summed E-state index contributed by atoms with van der Waals surface area (Å²) >= 11 is 0. The van der Waals surface area contributed by atoms with Crippen molar-refractivity contribution < 1.29 is 9.59 Å². The van der Waals surface area contributed by atoms with Crippen molar-refractivity contribution >= 4 is 11.8 Å². The van der Waals surface area contributed by atoms with Crippen molar-refractivity contribution in [1.82, 2.24) is 10.2 Å². The summed E-state index contributed by atoms with van der Waals surface area (Å²) in [5, 5.41) is 3.49. The minimum absolute atomic E-state index is 0.00481. The summed E-state index contributed by atoms with van der Waals surface area (Å²) in [6, 6.07) is 0.300. The number of nitrogens with one attached hydrogen (secondary N) is 1. The molecule has 0 aromatic rings. The molecule has 4 nitrogen and oxygen atoms in total. The Labute approximate surface area is 115 Å². The van der Waals surface area contributed by atoms with Crippen molar-refractivity contribution in [3.8, 4) is 0 Å². The summed E-state index contributed by atoms with van der Waals surface area (Å²) in [5.41, 5.74) is -0.170. The fraction of sp³-hybridized carbons (Fsp3) is 0.867. The smallest absolute Gasteiger partial charge is 0.229 e. The third kappa shape index (κ3) is 3.78. The van der Waals surface area contributed by atoms with Gasteiger partial charge in [-0.2, -0.15) is 0 Å². The van der Waals surface area contributed by atoms with Crippen LogP contribution in [0.25, 0.3) is 0 Å². The topological polar surface area (TPSA) is 49.4 Å². The van der Waals surface area contributed by atoms with Crippen LogP contribution in [0.1, 0.15) is 52.9 Å². The van der Waals surface area contributed by atoms with Crippen LogP contribution in [0.5, 0.6) is 0 Å². The van der Waals surface area contributed by atoms with Crippen LogP contribution in [0.3, 0.4) is 0 Å². The summed E-state index contributed by atoms with van der Waals surface area (Å²) in [5.74, 6) is 0.664. The van der Waals surface area contributed by atoms with Gasteiger partial charge in [-0.15, -0.1) is 0 Å². The third-order valence-corrected chi connectivity index (χ3v) is 4.09. The summed E-state index contributed by atoms with van der Waals surface area (Å²) in [6.07, 6.45) is 4.51. The Morgan fingerprint density at radius 1 is 1.26 bits per heavy atom. The van der Waals surface area contributed by atoms with E-state index in [1.54, 1.807) is 0 Å². The predicted molar refractivity (Wildman–Crippen MR) is 74.5 cm³/mol. The van der Waals surface area contributed by atoms with Crippen LogP contribution in [0.2, 0.25) is 0 Å². The maximum absolute atomic E-state index is 12.1. The van der Waals surface area contributed by atoms with Crippen molar-refractivity contribution in [3.05, 3.63) is 0 Å². The number of likely N-dealkylation sites (tertiary alicyclic amines) is 1. The molecule has 1 atom stereocenters. The van der Waals surface area contributed by atoms with Gasteiger partial charge in [-0.25, -0.2) is 0 Å². The molecule has 2 rings (SSSR count). The molecular formula is C15H26N2O2. The summed E-state index contributed by atoms with van der Waals surface area (Å²) in [7, 11) is 0. The monoisotopic (exact) mass is 266 g/mol. The van der Waals surface area contributed by atoms with Gasteiger partial charge in [0.15, 0.2) is 0 Å². The third-order valence-electron chi connectivity index (χ3n) is 4.09. The first-order valence-corrected chi connectivity index (χ1v) is 7.49. The second-order valence-corrected chi connectivity index (χ2v) is 6.81. The molecule has 1 aliphatic heterocycles. The first kappa shape index (κ1) is 14.5. The lowest BCUT2D eigenvalue weighted by atomic mass is 9.81. The predicted octanol–water partition coefficient (Wildman–Crippen LogP) is 1.94. The fourth-order valence-corrected chi connectivity index (χ4v) is 2.82. The average Bonchev–Trinajstić information content (AvgIpc) is 3.10. The molecule has 108 valence electrons. The van der Waals surface area contributed by atoms with E-state index in [1.165, 1.54) is 17.7 Å². The number of imide groups is 1. The lowest BCUT2D eigenvalue weighted by Crippen LogP contribution is -2.52. The Hall–Kier alpha value is -0.900. The van der Waals surface area contributed by atoms with Gasteiger partial charge in [-0.3, -0.25) is 14.5 Å². The van der Waals surface area contributed by atoms with Crippen LogP contribution in [-0.2, 0) is 9.59 Å². The normalized spacial score (nSPS) is 24.7. The SMILES string of the molecule is CCCNC(CN1C(=O)CC(C)(C)CC1=O)C1CC1. The average molecular weight is 266 g/mol. The maximum atomic E-state index is 12.1. The van der Waals surface area contributed by atoms with E-state index >= 15 is 0 Å². The van der Waals surface area contributed by atoms with Gasteiger partial charge in [-0.1, -0.05) is 20.8 Å². The second-order valence-electron chi connectivity index (χ2n) is 6.81. The Morgan fingerprint density at radius 3 is 2.32 bits per heavy atom. The zero-order valence-electron chi connectivity index (χ0n) is 12.4. The summed E-state index contributed by atoms with van der Waals surface area (Å²) in [6.45, 7) is 7.65. The molecule has 1 aliphatic carbocycles. The van der Waals surface area contributed by atoms with E-state index in [0.717, 1.165) is 13.0 Å². The van der Waals surface area contributed by atoms with Crippen molar-refractivity contribution in [2.45, 2.75) is 58.9 Å². The van der Waals surface area contributed by atoms with Crippen LogP contribution in [0.4, 0.5) is 0 Å². The van der Waals surface area contributed by atoms with Gasteiger partial charge >= 0.3 is 0 Å². The van der Waals surface area contributed by atoms with Gasteiger partial charge in [0.05, 0.1) is 0 Å². The highest BCUT2D eigenvalue weighted by atomic mass is 16.2. The summed E-state index contributed by atoms with van der Waals surface area (Å²) < 4.78 is 0.